The normalized spacial score (nSPS) is 11.9. The Morgan fingerprint density at radius 2 is 2.12 bits per heavy atom. The lowest BCUT2D eigenvalue weighted by Crippen LogP contribution is -2.03. The molecule has 1 heterocycles. The summed E-state index contributed by atoms with van der Waals surface area (Å²) in [6, 6.07) is 0.764. The number of hydrogen-bond acceptors (Lipinski definition) is 4. The summed E-state index contributed by atoms with van der Waals surface area (Å²) in [7, 11) is 2.14. The molecule has 0 bridgehead atoms. The molecule has 4 nitrogen and oxygen atoms in total. The van der Waals surface area contributed by atoms with Gasteiger partial charge in [-0.1, -0.05) is 0 Å². The number of methoxy groups -OCH3 is 1. The first kappa shape index (κ1) is 13.8. The molecule has 90 valence electrons. The van der Waals surface area contributed by atoms with Crippen LogP contribution in [0.1, 0.15) is 12.0 Å². The van der Waals surface area contributed by atoms with E-state index in [0.29, 0.717) is 0 Å². The number of pyridine rings is 1. The quantitative estimate of drug-likeness (QED) is 0.457. The zero-order valence-electron chi connectivity index (χ0n) is 7.75. The number of aromatic nitrogens is 1. The summed E-state index contributed by atoms with van der Waals surface area (Å²) in [5.41, 5.74) is -0.609. The van der Waals surface area contributed by atoms with Crippen molar-refractivity contribution in [2.24, 2.45) is 0 Å². The summed E-state index contributed by atoms with van der Waals surface area (Å²) in [5, 5.41) is 0. The summed E-state index contributed by atoms with van der Waals surface area (Å²) < 4.78 is 51.8. The maximum absolute atomic E-state index is 12.6. The van der Waals surface area contributed by atoms with Crippen LogP contribution in [0.2, 0.25) is 0 Å². The van der Waals surface area contributed by atoms with Crippen LogP contribution in [0.4, 0.5) is 8.78 Å². The maximum Gasteiger partial charge on any atom is 0.269 e. The third-order valence-corrected chi connectivity index (χ3v) is 4.15. The number of hydrogen-bond donors (Lipinski definition) is 0. The summed E-state index contributed by atoms with van der Waals surface area (Å²) in [6.07, 6.45) is -2.89. The van der Waals surface area contributed by atoms with Gasteiger partial charge in [0, 0.05) is 10.7 Å². The van der Waals surface area contributed by atoms with Crippen LogP contribution in [0, 0.1) is 3.70 Å². The van der Waals surface area contributed by atoms with Crippen LogP contribution in [-0.2, 0) is 9.05 Å². The Bertz CT molecular complexity index is 509. The molecule has 0 aliphatic rings. The van der Waals surface area contributed by atoms with Gasteiger partial charge >= 0.3 is 0 Å². The minimum Gasteiger partial charge on any atom is -0.481 e. The lowest BCUT2D eigenvalue weighted by molar-refractivity contribution is 0.145. The topological polar surface area (TPSA) is 56.3 Å². The van der Waals surface area contributed by atoms with Crippen LogP contribution in [0.3, 0.4) is 0 Å². The van der Waals surface area contributed by atoms with E-state index in [9.17, 15) is 17.2 Å². The lowest BCUT2D eigenvalue weighted by Gasteiger charge is -2.09. The summed E-state index contributed by atoms with van der Waals surface area (Å²) in [5.74, 6) is -0.316. The van der Waals surface area contributed by atoms with Gasteiger partial charge in [-0.05, 0) is 28.7 Å². The van der Waals surface area contributed by atoms with Crippen molar-refractivity contribution in [3.63, 3.8) is 0 Å². The SMILES string of the molecule is COc1nc(I)c(S(=O)(=O)Cl)cc1C(F)F. The second-order valence-corrected chi connectivity index (χ2v) is 6.17. The van der Waals surface area contributed by atoms with Crippen molar-refractivity contribution in [3.8, 4) is 5.88 Å². The second-order valence-electron chi connectivity index (χ2n) is 2.61. The number of nitrogens with zero attached hydrogens (tertiary/aromatic N) is 1. The molecular formula is C7H5ClF2INO3S. The molecule has 1 aromatic heterocycles. The highest BCUT2D eigenvalue weighted by Gasteiger charge is 2.23. The van der Waals surface area contributed by atoms with E-state index in [1.54, 1.807) is 22.6 Å². The molecular weight excluding hydrogens is 379 g/mol. The molecule has 9 heteroatoms. The second kappa shape index (κ2) is 4.96. The minimum atomic E-state index is -4.10. The molecule has 0 N–H and O–H groups in total. The average Bonchev–Trinajstić information content (AvgIpc) is 2.14. The van der Waals surface area contributed by atoms with E-state index in [0.717, 1.165) is 6.07 Å². The molecule has 0 fully saturated rings. The van der Waals surface area contributed by atoms with E-state index in [-0.39, 0.29) is 9.58 Å². The minimum absolute atomic E-state index is 0.0196. The number of alkyl halides is 2. The fourth-order valence-corrected chi connectivity index (χ4v) is 3.46. The molecule has 0 atom stereocenters. The Labute approximate surface area is 109 Å². The largest absolute Gasteiger partial charge is 0.481 e. The van der Waals surface area contributed by atoms with E-state index in [1.165, 1.54) is 7.11 Å². The van der Waals surface area contributed by atoms with E-state index in [2.05, 4.69) is 9.72 Å². The Balaban J connectivity index is 3.52. The standard InChI is InChI=1S/C7H5ClF2INO3S/c1-15-7-3(5(9)10)2-4(6(11)12-7)16(8,13)14/h2,5H,1H3. The predicted octanol–water partition coefficient (Wildman–Crippen LogP) is 2.56. The molecule has 0 amide bonds. The van der Waals surface area contributed by atoms with Crippen LogP contribution in [0.15, 0.2) is 11.0 Å². The summed E-state index contributed by atoms with van der Waals surface area (Å²) >= 11 is 1.58. The summed E-state index contributed by atoms with van der Waals surface area (Å²) in [4.78, 5) is 3.15. The van der Waals surface area contributed by atoms with Crippen molar-refractivity contribution in [2.75, 3.05) is 7.11 Å². The molecule has 0 saturated heterocycles. The molecule has 0 saturated carbocycles. The molecule has 16 heavy (non-hydrogen) atoms. The highest BCUT2D eigenvalue weighted by atomic mass is 127. The van der Waals surface area contributed by atoms with Crippen LogP contribution >= 0.6 is 33.3 Å². The van der Waals surface area contributed by atoms with Gasteiger partial charge in [0.05, 0.1) is 12.7 Å². The van der Waals surface area contributed by atoms with Crippen LogP contribution in [-0.4, -0.2) is 20.5 Å². The molecule has 0 aliphatic heterocycles. The molecule has 0 unspecified atom stereocenters. The van der Waals surface area contributed by atoms with E-state index < -0.39 is 25.9 Å². The maximum atomic E-state index is 12.6. The molecule has 0 radical (unpaired) electrons. The Morgan fingerprint density at radius 3 is 2.50 bits per heavy atom. The molecule has 0 spiro atoms. The van der Waals surface area contributed by atoms with Gasteiger partial charge < -0.3 is 4.74 Å². The van der Waals surface area contributed by atoms with E-state index in [4.69, 9.17) is 10.7 Å². The van der Waals surface area contributed by atoms with Crippen molar-refractivity contribution < 1.29 is 21.9 Å². The van der Waals surface area contributed by atoms with Gasteiger partial charge in [0.15, 0.2) is 0 Å². The molecule has 1 aromatic rings. The number of halogens is 4. The van der Waals surface area contributed by atoms with Crippen molar-refractivity contribution in [1.82, 2.24) is 4.98 Å². The van der Waals surface area contributed by atoms with Gasteiger partial charge in [0.25, 0.3) is 15.5 Å². The third-order valence-electron chi connectivity index (χ3n) is 1.63. The number of ether oxygens (including phenoxy) is 1. The van der Waals surface area contributed by atoms with Gasteiger partial charge in [-0.25, -0.2) is 22.2 Å². The summed E-state index contributed by atoms with van der Waals surface area (Å²) in [6.45, 7) is 0. The van der Waals surface area contributed by atoms with Gasteiger partial charge in [-0.15, -0.1) is 0 Å². The van der Waals surface area contributed by atoms with Crippen molar-refractivity contribution in [1.29, 1.82) is 0 Å². The van der Waals surface area contributed by atoms with E-state index >= 15 is 0 Å². The van der Waals surface area contributed by atoms with Crippen LogP contribution in [0.5, 0.6) is 5.88 Å². The zero-order chi connectivity index (χ0) is 12.5. The average molecular weight is 384 g/mol. The monoisotopic (exact) mass is 383 g/mol. The van der Waals surface area contributed by atoms with Gasteiger partial charge in [-0.2, -0.15) is 0 Å². The molecule has 0 aliphatic carbocycles. The molecule has 1 rings (SSSR count). The van der Waals surface area contributed by atoms with Gasteiger partial charge in [0.2, 0.25) is 5.88 Å². The fraction of sp³-hybridized carbons (Fsp3) is 0.286. The first-order valence-electron chi connectivity index (χ1n) is 3.74. The van der Waals surface area contributed by atoms with Crippen molar-refractivity contribution >= 4 is 42.3 Å². The Morgan fingerprint density at radius 1 is 1.56 bits per heavy atom. The smallest absolute Gasteiger partial charge is 0.269 e. The van der Waals surface area contributed by atoms with Gasteiger partial charge in [0.1, 0.15) is 8.60 Å². The highest BCUT2D eigenvalue weighted by Crippen LogP contribution is 2.32. The predicted molar refractivity (Wildman–Crippen MR) is 61.5 cm³/mol. The van der Waals surface area contributed by atoms with Crippen LogP contribution < -0.4 is 4.74 Å². The number of rotatable bonds is 3. The van der Waals surface area contributed by atoms with Crippen molar-refractivity contribution in [2.45, 2.75) is 11.3 Å². The van der Waals surface area contributed by atoms with Gasteiger partial charge in [-0.3, -0.25) is 0 Å². The van der Waals surface area contributed by atoms with Crippen LogP contribution in [0.25, 0.3) is 0 Å². The Kier molecular flexibility index (Phi) is 4.29. The van der Waals surface area contributed by atoms with Crippen molar-refractivity contribution in [3.05, 3.63) is 15.3 Å². The third kappa shape index (κ3) is 2.92. The zero-order valence-corrected chi connectivity index (χ0v) is 11.5. The fourth-order valence-electron chi connectivity index (χ4n) is 0.962. The first-order valence-corrected chi connectivity index (χ1v) is 7.13. The Hall–Kier alpha value is -0.220. The van der Waals surface area contributed by atoms with E-state index in [1.807, 2.05) is 0 Å². The molecule has 0 aromatic carbocycles. The first-order chi connectivity index (χ1) is 7.27. The lowest BCUT2D eigenvalue weighted by atomic mass is 10.3. The highest BCUT2D eigenvalue weighted by molar-refractivity contribution is 14.1.